The van der Waals surface area contributed by atoms with Crippen LogP contribution in [0.15, 0.2) is 0 Å². The third kappa shape index (κ3) is 5.55. The number of hydrogen-bond donors (Lipinski definition) is 2. The maximum absolute atomic E-state index is 13.5. The Morgan fingerprint density at radius 2 is 2.07 bits per heavy atom. The van der Waals surface area contributed by atoms with E-state index in [1.807, 2.05) is 6.92 Å². The molecule has 0 spiro atoms. The number of likely N-dealkylation sites (tertiary alicyclic amines) is 1. The van der Waals surface area contributed by atoms with Crippen LogP contribution >= 0.6 is 11.6 Å². The molecule has 3 aliphatic rings. The van der Waals surface area contributed by atoms with Gasteiger partial charge in [0.15, 0.2) is 0 Å². The number of alkyl halides is 2. The van der Waals surface area contributed by atoms with Crippen LogP contribution < -0.4 is 10.6 Å². The van der Waals surface area contributed by atoms with Crippen molar-refractivity contribution in [2.75, 3.05) is 19.6 Å². The van der Waals surface area contributed by atoms with Crippen LogP contribution in [0.3, 0.4) is 0 Å². The monoisotopic (exact) mass is 403 g/mol. The normalized spacial score (nSPS) is 37.9. The molecular weight excluding hydrogens is 373 g/mol. The summed E-state index contributed by atoms with van der Waals surface area (Å²) in [5.74, 6) is 0.0253. The second kappa shape index (κ2) is 9.52. The molecule has 1 saturated carbocycles. The van der Waals surface area contributed by atoms with Gasteiger partial charge in [0.25, 0.3) is 0 Å². The molecule has 6 atom stereocenters. The van der Waals surface area contributed by atoms with Gasteiger partial charge in [-0.05, 0) is 45.4 Å². The van der Waals surface area contributed by atoms with Gasteiger partial charge < -0.3 is 15.0 Å². The van der Waals surface area contributed by atoms with Gasteiger partial charge in [0, 0.05) is 26.1 Å². The van der Waals surface area contributed by atoms with Gasteiger partial charge in [0.05, 0.1) is 29.7 Å². The van der Waals surface area contributed by atoms with E-state index in [0.29, 0.717) is 45.3 Å². The highest BCUT2D eigenvalue weighted by Crippen LogP contribution is 2.29. The maximum atomic E-state index is 13.5. The largest absolute Gasteiger partial charge is 0.374 e. The highest BCUT2D eigenvalue weighted by Gasteiger charge is 2.33. The molecule has 3 fully saturated rings. The summed E-state index contributed by atoms with van der Waals surface area (Å²) in [6.45, 7) is 3.76. The number of rotatable bonds is 5. The number of nitrogens with zero attached hydrogens (tertiary/aromatic N) is 1. The van der Waals surface area contributed by atoms with Gasteiger partial charge in [-0.15, -0.1) is 11.6 Å². The SMILES string of the molecule is CCN1CC(C(=O)NC2CCC(OC3CCC(F)C(Cl)C3)CN2)CCC1=O. The summed E-state index contributed by atoms with van der Waals surface area (Å²) in [6.07, 6.45) is 3.58. The van der Waals surface area contributed by atoms with Crippen LogP contribution in [0.25, 0.3) is 0 Å². The average Bonchev–Trinajstić information content (AvgIpc) is 2.66. The molecule has 2 amide bonds. The predicted molar refractivity (Wildman–Crippen MR) is 101 cm³/mol. The molecule has 0 aromatic carbocycles. The van der Waals surface area contributed by atoms with Crippen LogP contribution in [0.4, 0.5) is 4.39 Å². The first-order chi connectivity index (χ1) is 13.0. The topological polar surface area (TPSA) is 70.7 Å². The number of carbonyl (C=O) groups excluding carboxylic acids is 2. The first-order valence-corrected chi connectivity index (χ1v) is 10.6. The Morgan fingerprint density at radius 3 is 2.74 bits per heavy atom. The first kappa shape index (κ1) is 20.8. The van der Waals surface area contributed by atoms with Gasteiger partial charge in [-0.2, -0.15) is 0 Å². The van der Waals surface area contributed by atoms with Gasteiger partial charge >= 0.3 is 0 Å². The van der Waals surface area contributed by atoms with Crippen LogP contribution in [0.1, 0.15) is 51.9 Å². The zero-order chi connectivity index (χ0) is 19.4. The summed E-state index contributed by atoms with van der Waals surface area (Å²) in [5.41, 5.74) is 0. The minimum absolute atomic E-state index is 0.0177. The molecule has 6 unspecified atom stereocenters. The van der Waals surface area contributed by atoms with Crippen molar-refractivity contribution in [3.05, 3.63) is 0 Å². The Kier molecular flexibility index (Phi) is 7.34. The van der Waals surface area contributed by atoms with E-state index in [9.17, 15) is 14.0 Å². The van der Waals surface area contributed by atoms with E-state index in [1.54, 1.807) is 4.90 Å². The molecule has 6 nitrogen and oxygen atoms in total. The van der Waals surface area contributed by atoms with Crippen molar-refractivity contribution in [3.8, 4) is 0 Å². The smallest absolute Gasteiger partial charge is 0.226 e. The van der Waals surface area contributed by atoms with E-state index in [0.717, 1.165) is 19.3 Å². The Bertz CT molecular complexity index is 530. The van der Waals surface area contributed by atoms with E-state index in [-0.39, 0.29) is 36.1 Å². The highest BCUT2D eigenvalue weighted by atomic mass is 35.5. The van der Waals surface area contributed by atoms with Crippen LogP contribution in [0.2, 0.25) is 0 Å². The molecule has 0 aromatic heterocycles. The van der Waals surface area contributed by atoms with Crippen LogP contribution in [0.5, 0.6) is 0 Å². The summed E-state index contributed by atoms with van der Waals surface area (Å²) in [7, 11) is 0. The van der Waals surface area contributed by atoms with Crippen molar-refractivity contribution in [3.63, 3.8) is 0 Å². The molecule has 2 N–H and O–H groups in total. The minimum Gasteiger partial charge on any atom is -0.374 e. The second-order valence-electron chi connectivity index (χ2n) is 7.94. The van der Waals surface area contributed by atoms with Gasteiger partial charge in [0.1, 0.15) is 6.17 Å². The second-order valence-corrected chi connectivity index (χ2v) is 8.50. The van der Waals surface area contributed by atoms with Crippen molar-refractivity contribution in [1.82, 2.24) is 15.5 Å². The molecule has 27 heavy (non-hydrogen) atoms. The van der Waals surface area contributed by atoms with E-state index in [4.69, 9.17) is 16.3 Å². The molecule has 0 aromatic rings. The standard InChI is InChI=1S/C19H31ClFN3O3/c1-2-24-11-12(3-8-18(24)25)19(26)23-17-7-5-14(10-22-17)27-13-4-6-16(21)15(20)9-13/h12-17,22H,2-11H2,1H3,(H,23,26). The van der Waals surface area contributed by atoms with Crippen molar-refractivity contribution in [2.45, 2.75) is 81.8 Å². The van der Waals surface area contributed by atoms with Crippen LogP contribution in [-0.4, -0.2) is 66.3 Å². The first-order valence-electron chi connectivity index (χ1n) is 10.2. The summed E-state index contributed by atoms with van der Waals surface area (Å²) in [6, 6.07) is 0. The highest BCUT2D eigenvalue weighted by molar-refractivity contribution is 6.21. The summed E-state index contributed by atoms with van der Waals surface area (Å²) in [5, 5.41) is 5.96. The fraction of sp³-hybridized carbons (Fsp3) is 0.895. The fourth-order valence-electron chi connectivity index (χ4n) is 4.23. The van der Waals surface area contributed by atoms with Crippen molar-refractivity contribution < 1.29 is 18.7 Å². The number of ether oxygens (including phenoxy) is 1. The molecular formula is C19H31ClFN3O3. The summed E-state index contributed by atoms with van der Waals surface area (Å²) >= 11 is 6.02. The fourth-order valence-corrected chi connectivity index (χ4v) is 4.56. The lowest BCUT2D eigenvalue weighted by molar-refractivity contribution is -0.138. The predicted octanol–water partition coefficient (Wildman–Crippen LogP) is 1.95. The zero-order valence-corrected chi connectivity index (χ0v) is 16.7. The van der Waals surface area contributed by atoms with Gasteiger partial charge in [-0.3, -0.25) is 14.9 Å². The molecule has 8 heteroatoms. The molecule has 2 heterocycles. The number of carbonyl (C=O) groups is 2. The minimum atomic E-state index is -0.922. The number of piperidine rings is 2. The lowest BCUT2D eigenvalue weighted by Gasteiger charge is -2.36. The average molecular weight is 404 g/mol. The van der Waals surface area contributed by atoms with E-state index < -0.39 is 11.5 Å². The Labute approximate surface area is 165 Å². The number of hydrogen-bond acceptors (Lipinski definition) is 4. The quantitative estimate of drug-likeness (QED) is 0.688. The van der Waals surface area contributed by atoms with Crippen LogP contribution in [0, 0.1) is 5.92 Å². The maximum Gasteiger partial charge on any atom is 0.226 e. The number of nitrogens with one attached hydrogen (secondary N) is 2. The lowest BCUT2D eigenvalue weighted by atomic mass is 9.95. The third-order valence-corrected chi connectivity index (χ3v) is 6.42. The molecule has 3 rings (SSSR count). The van der Waals surface area contributed by atoms with E-state index >= 15 is 0 Å². The summed E-state index contributed by atoms with van der Waals surface area (Å²) in [4.78, 5) is 26.0. The van der Waals surface area contributed by atoms with E-state index in [1.165, 1.54) is 0 Å². The lowest BCUT2D eigenvalue weighted by Crippen LogP contribution is -2.55. The summed E-state index contributed by atoms with van der Waals surface area (Å²) < 4.78 is 19.6. The Hall–Kier alpha value is -0.920. The molecule has 2 aliphatic heterocycles. The van der Waals surface area contributed by atoms with Crippen molar-refractivity contribution in [2.24, 2.45) is 5.92 Å². The van der Waals surface area contributed by atoms with Gasteiger partial charge in [-0.25, -0.2) is 4.39 Å². The van der Waals surface area contributed by atoms with Gasteiger partial charge in [0.2, 0.25) is 11.8 Å². The molecule has 0 bridgehead atoms. The number of amides is 2. The molecule has 0 radical (unpaired) electrons. The molecule has 1 aliphatic carbocycles. The molecule has 154 valence electrons. The number of halogens is 2. The Balaban J connectivity index is 1.38. The molecule has 2 saturated heterocycles. The third-order valence-electron chi connectivity index (χ3n) is 5.97. The van der Waals surface area contributed by atoms with E-state index in [2.05, 4.69) is 10.6 Å². The van der Waals surface area contributed by atoms with Crippen molar-refractivity contribution in [1.29, 1.82) is 0 Å². The van der Waals surface area contributed by atoms with Gasteiger partial charge in [-0.1, -0.05) is 0 Å². The van der Waals surface area contributed by atoms with Crippen LogP contribution in [-0.2, 0) is 14.3 Å². The Morgan fingerprint density at radius 1 is 1.30 bits per heavy atom. The zero-order valence-electron chi connectivity index (χ0n) is 16.0. The van der Waals surface area contributed by atoms with Crippen molar-refractivity contribution >= 4 is 23.4 Å².